The normalized spacial score (nSPS) is 12.5. The molecule has 0 spiro atoms. The third kappa shape index (κ3) is 5.06. The molecule has 0 saturated carbocycles. The fourth-order valence-corrected chi connectivity index (χ4v) is 4.47. The van der Waals surface area contributed by atoms with E-state index in [4.69, 9.17) is 4.74 Å². The number of esters is 1. The highest BCUT2D eigenvalue weighted by Gasteiger charge is 2.29. The summed E-state index contributed by atoms with van der Waals surface area (Å²) >= 11 is 0. The van der Waals surface area contributed by atoms with Crippen molar-refractivity contribution in [1.29, 1.82) is 0 Å². The van der Waals surface area contributed by atoms with Gasteiger partial charge >= 0.3 is 5.97 Å². The zero-order valence-corrected chi connectivity index (χ0v) is 18.8. The molecule has 0 saturated heterocycles. The van der Waals surface area contributed by atoms with E-state index in [2.05, 4.69) is 0 Å². The standard InChI is InChI=1S/C22H28N2O5S/c1-6-24(7-2)30(27,28)18-14-13-16(3)19(15-18)22(26)29-20(21(25)23(4)5)17-11-9-8-10-12-17/h8-15,20H,6-7H2,1-5H3. The zero-order valence-electron chi connectivity index (χ0n) is 18.0. The maximum absolute atomic E-state index is 13.0. The molecular weight excluding hydrogens is 404 g/mol. The van der Waals surface area contributed by atoms with Crippen molar-refractivity contribution in [2.24, 2.45) is 0 Å². The van der Waals surface area contributed by atoms with Crippen molar-refractivity contribution in [3.8, 4) is 0 Å². The summed E-state index contributed by atoms with van der Waals surface area (Å²) in [5.74, 6) is -1.15. The van der Waals surface area contributed by atoms with Crippen LogP contribution in [0.4, 0.5) is 0 Å². The lowest BCUT2D eigenvalue weighted by Gasteiger charge is -2.22. The molecule has 1 unspecified atom stereocenters. The molecule has 8 heteroatoms. The summed E-state index contributed by atoms with van der Waals surface area (Å²) in [5.41, 5.74) is 1.20. The summed E-state index contributed by atoms with van der Waals surface area (Å²) in [5, 5.41) is 0. The van der Waals surface area contributed by atoms with Crippen LogP contribution in [0.3, 0.4) is 0 Å². The summed E-state index contributed by atoms with van der Waals surface area (Å²) < 4.78 is 32.6. The minimum absolute atomic E-state index is 0.0129. The average Bonchev–Trinajstić information content (AvgIpc) is 2.72. The van der Waals surface area contributed by atoms with Crippen molar-refractivity contribution >= 4 is 21.9 Å². The van der Waals surface area contributed by atoms with Crippen molar-refractivity contribution in [2.75, 3.05) is 27.2 Å². The van der Waals surface area contributed by atoms with E-state index >= 15 is 0 Å². The molecule has 0 fully saturated rings. The molecule has 0 aliphatic heterocycles. The van der Waals surface area contributed by atoms with Gasteiger partial charge in [0.2, 0.25) is 16.1 Å². The Bertz CT molecular complexity index is 999. The molecule has 30 heavy (non-hydrogen) atoms. The number of likely N-dealkylation sites (N-methyl/N-ethyl adjacent to an activating group) is 1. The number of benzene rings is 2. The van der Waals surface area contributed by atoms with Crippen LogP contribution in [0, 0.1) is 6.92 Å². The van der Waals surface area contributed by atoms with Gasteiger partial charge in [-0.05, 0) is 24.6 Å². The van der Waals surface area contributed by atoms with Gasteiger partial charge in [0.1, 0.15) is 0 Å². The second-order valence-electron chi connectivity index (χ2n) is 6.99. The van der Waals surface area contributed by atoms with Crippen LogP contribution in [0.25, 0.3) is 0 Å². The first kappa shape index (κ1) is 23.6. The summed E-state index contributed by atoms with van der Waals surface area (Å²) in [6.45, 7) is 5.83. The lowest BCUT2D eigenvalue weighted by Crippen LogP contribution is -2.32. The minimum atomic E-state index is -3.73. The first-order chi connectivity index (χ1) is 14.1. The molecule has 2 aromatic rings. The van der Waals surface area contributed by atoms with E-state index < -0.39 is 22.1 Å². The largest absolute Gasteiger partial charge is 0.444 e. The average molecular weight is 433 g/mol. The van der Waals surface area contributed by atoms with Crippen LogP contribution in [-0.4, -0.2) is 56.7 Å². The van der Waals surface area contributed by atoms with Gasteiger partial charge in [-0.2, -0.15) is 4.31 Å². The Morgan fingerprint density at radius 3 is 2.13 bits per heavy atom. The van der Waals surface area contributed by atoms with Crippen LogP contribution in [0.2, 0.25) is 0 Å². The Balaban J connectivity index is 2.43. The fourth-order valence-electron chi connectivity index (χ4n) is 2.99. The number of carbonyl (C=O) groups is 2. The Hall–Kier alpha value is -2.71. The highest BCUT2D eigenvalue weighted by molar-refractivity contribution is 7.89. The molecule has 2 aromatic carbocycles. The Kier molecular flexibility index (Phi) is 7.75. The van der Waals surface area contributed by atoms with Crippen LogP contribution in [0.15, 0.2) is 53.4 Å². The molecule has 0 heterocycles. The second-order valence-corrected chi connectivity index (χ2v) is 8.93. The molecule has 0 N–H and O–H groups in total. The van der Waals surface area contributed by atoms with E-state index in [1.807, 2.05) is 0 Å². The third-order valence-corrected chi connectivity index (χ3v) is 6.81. The topological polar surface area (TPSA) is 84.0 Å². The molecule has 162 valence electrons. The summed E-state index contributed by atoms with van der Waals surface area (Å²) in [6.07, 6.45) is -1.13. The van der Waals surface area contributed by atoms with Crippen molar-refractivity contribution in [2.45, 2.75) is 31.8 Å². The van der Waals surface area contributed by atoms with E-state index in [-0.39, 0.29) is 16.4 Å². The molecule has 1 atom stereocenters. The molecule has 0 aliphatic carbocycles. The molecular formula is C22H28N2O5S. The van der Waals surface area contributed by atoms with Gasteiger partial charge in [-0.3, -0.25) is 4.79 Å². The minimum Gasteiger partial charge on any atom is -0.444 e. The second kappa shape index (κ2) is 9.86. The number of hydrogen-bond acceptors (Lipinski definition) is 5. The maximum atomic E-state index is 13.0. The zero-order chi connectivity index (χ0) is 22.5. The lowest BCUT2D eigenvalue weighted by molar-refractivity contribution is -0.138. The molecule has 2 rings (SSSR count). The van der Waals surface area contributed by atoms with E-state index in [9.17, 15) is 18.0 Å². The predicted molar refractivity (Wildman–Crippen MR) is 115 cm³/mol. The number of sulfonamides is 1. The van der Waals surface area contributed by atoms with Crippen molar-refractivity contribution in [1.82, 2.24) is 9.21 Å². The van der Waals surface area contributed by atoms with Gasteiger partial charge < -0.3 is 9.64 Å². The van der Waals surface area contributed by atoms with E-state index in [0.29, 0.717) is 24.2 Å². The first-order valence-electron chi connectivity index (χ1n) is 9.71. The van der Waals surface area contributed by atoms with Crippen LogP contribution in [0.1, 0.15) is 41.4 Å². The molecule has 0 aliphatic rings. The third-order valence-electron chi connectivity index (χ3n) is 4.76. The molecule has 0 bridgehead atoms. The van der Waals surface area contributed by atoms with Gasteiger partial charge in [-0.1, -0.05) is 50.2 Å². The van der Waals surface area contributed by atoms with Gasteiger partial charge in [0.25, 0.3) is 5.91 Å². The van der Waals surface area contributed by atoms with E-state index in [1.165, 1.54) is 21.3 Å². The van der Waals surface area contributed by atoms with Gasteiger partial charge in [-0.15, -0.1) is 0 Å². The van der Waals surface area contributed by atoms with E-state index in [0.717, 1.165) is 0 Å². The highest BCUT2D eigenvalue weighted by Crippen LogP contribution is 2.24. The van der Waals surface area contributed by atoms with Crippen molar-refractivity contribution in [3.63, 3.8) is 0 Å². The fraction of sp³-hybridized carbons (Fsp3) is 0.364. The highest BCUT2D eigenvalue weighted by atomic mass is 32.2. The Morgan fingerprint density at radius 1 is 1.00 bits per heavy atom. The SMILES string of the molecule is CCN(CC)S(=O)(=O)c1ccc(C)c(C(=O)OC(C(=O)N(C)C)c2ccccc2)c1. The lowest BCUT2D eigenvalue weighted by atomic mass is 10.1. The number of nitrogens with zero attached hydrogens (tertiary/aromatic N) is 2. The summed E-state index contributed by atoms with van der Waals surface area (Å²) in [6, 6.07) is 13.1. The Morgan fingerprint density at radius 2 is 1.60 bits per heavy atom. The summed E-state index contributed by atoms with van der Waals surface area (Å²) in [7, 11) is -0.578. The van der Waals surface area contributed by atoms with Gasteiger partial charge in [0.15, 0.2) is 0 Å². The van der Waals surface area contributed by atoms with Crippen LogP contribution < -0.4 is 0 Å². The molecule has 1 amide bonds. The van der Waals surface area contributed by atoms with Crippen molar-refractivity contribution < 1.29 is 22.7 Å². The maximum Gasteiger partial charge on any atom is 0.339 e. The number of hydrogen-bond donors (Lipinski definition) is 0. The molecule has 7 nitrogen and oxygen atoms in total. The number of rotatable bonds is 8. The monoisotopic (exact) mass is 432 g/mol. The summed E-state index contributed by atoms with van der Waals surface area (Å²) in [4.78, 5) is 27.0. The number of amides is 1. The first-order valence-corrected chi connectivity index (χ1v) is 11.1. The number of aryl methyl sites for hydroxylation is 1. The van der Waals surface area contributed by atoms with Crippen LogP contribution in [0.5, 0.6) is 0 Å². The van der Waals surface area contributed by atoms with Gasteiger partial charge in [0.05, 0.1) is 10.5 Å². The molecule has 0 radical (unpaired) electrons. The molecule has 0 aromatic heterocycles. The number of carbonyl (C=O) groups excluding carboxylic acids is 2. The van der Waals surface area contributed by atoms with Crippen molar-refractivity contribution in [3.05, 3.63) is 65.2 Å². The quantitative estimate of drug-likeness (QED) is 0.599. The van der Waals surface area contributed by atoms with Gasteiger partial charge in [0, 0.05) is 32.7 Å². The van der Waals surface area contributed by atoms with E-state index in [1.54, 1.807) is 71.3 Å². The predicted octanol–water partition coefficient (Wildman–Crippen LogP) is 3.01. The Labute approximate surface area is 178 Å². The van der Waals surface area contributed by atoms with Crippen LogP contribution >= 0.6 is 0 Å². The van der Waals surface area contributed by atoms with Gasteiger partial charge in [-0.25, -0.2) is 13.2 Å². The smallest absolute Gasteiger partial charge is 0.339 e. The number of ether oxygens (including phenoxy) is 1. The van der Waals surface area contributed by atoms with Crippen LogP contribution in [-0.2, 0) is 19.6 Å².